The number of benzene rings is 1. The topological polar surface area (TPSA) is 29.5 Å². The maximum absolute atomic E-state index is 12.3. The van der Waals surface area contributed by atoms with Crippen molar-refractivity contribution in [3.63, 3.8) is 0 Å². The molecule has 25 heavy (non-hydrogen) atoms. The Morgan fingerprint density at radius 3 is 2.24 bits per heavy atom. The lowest BCUT2D eigenvalue weighted by Gasteiger charge is -2.42. The minimum Gasteiger partial charge on any atom is -0.408 e. The van der Waals surface area contributed by atoms with E-state index >= 15 is 0 Å². The van der Waals surface area contributed by atoms with E-state index in [9.17, 15) is 4.79 Å². The van der Waals surface area contributed by atoms with Crippen LogP contribution in [0.1, 0.15) is 26.3 Å². The Morgan fingerprint density at radius 1 is 1.24 bits per heavy atom. The van der Waals surface area contributed by atoms with Gasteiger partial charge in [0.05, 0.1) is 12.1 Å². The van der Waals surface area contributed by atoms with E-state index in [1.807, 2.05) is 31.3 Å². The third-order valence-electron chi connectivity index (χ3n) is 5.16. The summed E-state index contributed by atoms with van der Waals surface area (Å²) in [6.45, 7) is 18.7. The van der Waals surface area contributed by atoms with Gasteiger partial charge in [0, 0.05) is 7.05 Å². The number of rotatable bonds is 8. The number of likely N-dealkylation sites (N-methyl/N-ethyl adjacent to an activating group) is 1. The molecule has 0 aliphatic rings. The Bertz CT molecular complexity index is 590. The van der Waals surface area contributed by atoms with Gasteiger partial charge in [0.1, 0.15) is 0 Å². The summed E-state index contributed by atoms with van der Waals surface area (Å²) in [5, 5.41) is 0.0899. The monoisotopic (exact) mass is 359 g/mol. The molecule has 0 bridgehead atoms. The molecule has 0 N–H and O–H groups in total. The van der Waals surface area contributed by atoms with Crippen molar-refractivity contribution in [3.8, 4) is 0 Å². The highest BCUT2D eigenvalue weighted by Gasteiger charge is 2.41. The predicted molar refractivity (Wildman–Crippen MR) is 109 cm³/mol. The van der Waals surface area contributed by atoms with Crippen molar-refractivity contribution in [1.29, 1.82) is 0 Å². The molecule has 0 aromatic heterocycles. The van der Waals surface area contributed by atoms with Gasteiger partial charge in [-0.1, -0.05) is 63.8 Å². The molecule has 0 heterocycles. The van der Waals surface area contributed by atoms with Crippen LogP contribution in [0, 0.1) is 0 Å². The maximum Gasteiger partial charge on any atom is 0.246 e. The van der Waals surface area contributed by atoms with E-state index in [4.69, 9.17) is 4.43 Å². The van der Waals surface area contributed by atoms with Crippen LogP contribution in [0.5, 0.6) is 0 Å². The molecular formula is C21H33NO2Si. The number of nitrogens with zero attached hydrogens (tertiary/aromatic N) is 1. The molecule has 1 aromatic rings. The molecule has 0 fully saturated rings. The van der Waals surface area contributed by atoms with Crippen LogP contribution in [0.15, 0.2) is 55.6 Å². The van der Waals surface area contributed by atoms with Gasteiger partial charge in [-0.05, 0) is 36.2 Å². The summed E-state index contributed by atoms with van der Waals surface area (Å²) < 4.78 is 6.59. The molecule has 4 heteroatoms. The second-order valence-electron chi connectivity index (χ2n) is 7.99. The minimum atomic E-state index is -1.99. The fraction of sp³-hybridized carbons (Fsp3) is 0.476. The smallest absolute Gasteiger partial charge is 0.246 e. The van der Waals surface area contributed by atoms with E-state index in [2.05, 4.69) is 59.2 Å². The molecule has 2 atom stereocenters. The van der Waals surface area contributed by atoms with Gasteiger partial charge in [0.2, 0.25) is 5.91 Å². The summed E-state index contributed by atoms with van der Waals surface area (Å²) in [7, 11) is -0.186. The third kappa shape index (κ3) is 5.68. The molecule has 1 rings (SSSR count). The zero-order chi connectivity index (χ0) is 19.3. The van der Waals surface area contributed by atoms with Crippen LogP contribution in [0.4, 0.5) is 0 Å². The molecule has 1 amide bonds. The number of hydrogen-bond donors (Lipinski definition) is 0. The number of carbonyl (C=O) groups is 1. The highest BCUT2D eigenvalue weighted by atomic mass is 28.4. The first-order chi connectivity index (χ1) is 11.5. The highest BCUT2D eigenvalue weighted by molar-refractivity contribution is 6.74. The third-order valence-corrected chi connectivity index (χ3v) is 9.63. The van der Waals surface area contributed by atoms with Crippen molar-refractivity contribution in [2.24, 2.45) is 0 Å². The first-order valence-corrected chi connectivity index (χ1v) is 11.7. The van der Waals surface area contributed by atoms with Crippen molar-refractivity contribution in [2.45, 2.75) is 57.5 Å². The summed E-state index contributed by atoms with van der Waals surface area (Å²) in [6.07, 6.45) is 3.67. The Labute approximate surface area is 154 Å². The summed E-state index contributed by atoms with van der Waals surface area (Å²) in [5.74, 6) is -0.105. The Morgan fingerprint density at radius 2 is 1.80 bits per heavy atom. The first-order valence-electron chi connectivity index (χ1n) is 8.77. The molecule has 1 aromatic carbocycles. The van der Waals surface area contributed by atoms with E-state index in [0.29, 0.717) is 6.42 Å². The van der Waals surface area contributed by atoms with Crippen LogP contribution in [0.3, 0.4) is 0 Å². The SMILES string of the molecule is C=CC(=O)N(C)[C@@H](Cc1ccccc1)[C@H](C=C)O[Si](C)(C)C(C)(C)C. The van der Waals surface area contributed by atoms with Gasteiger partial charge in [0.15, 0.2) is 8.32 Å². The van der Waals surface area contributed by atoms with Crippen LogP contribution >= 0.6 is 0 Å². The van der Waals surface area contributed by atoms with Gasteiger partial charge in [-0.3, -0.25) is 4.79 Å². The van der Waals surface area contributed by atoms with Crippen LogP contribution in [0.2, 0.25) is 18.1 Å². The van der Waals surface area contributed by atoms with E-state index in [1.165, 1.54) is 11.6 Å². The standard InChI is InChI=1S/C21H33NO2Si/c1-9-19(24-25(7,8)21(3,4)5)18(22(6)20(23)10-2)16-17-14-12-11-13-15-17/h9-15,18-19H,1-2,16H2,3-8H3/t18-,19-/m0/s1. The quantitative estimate of drug-likeness (QED) is 0.378. The largest absolute Gasteiger partial charge is 0.408 e. The summed E-state index contributed by atoms with van der Waals surface area (Å²) >= 11 is 0. The number of hydrogen-bond acceptors (Lipinski definition) is 2. The lowest BCUT2D eigenvalue weighted by Crippen LogP contribution is -2.52. The fourth-order valence-corrected chi connectivity index (χ4v) is 3.72. The van der Waals surface area contributed by atoms with Crippen molar-refractivity contribution in [2.75, 3.05) is 7.05 Å². The predicted octanol–water partition coefficient (Wildman–Crippen LogP) is 4.82. The molecule has 0 saturated carbocycles. The number of amides is 1. The Balaban J connectivity index is 3.16. The van der Waals surface area contributed by atoms with Gasteiger partial charge in [0.25, 0.3) is 0 Å². The number of carbonyl (C=O) groups excluding carboxylic acids is 1. The van der Waals surface area contributed by atoms with E-state index in [0.717, 1.165) is 0 Å². The van der Waals surface area contributed by atoms with Crippen molar-refractivity contribution in [3.05, 3.63) is 61.2 Å². The lowest BCUT2D eigenvalue weighted by molar-refractivity contribution is -0.128. The van der Waals surface area contributed by atoms with E-state index < -0.39 is 8.32 Å². The average molecular weight is 360 g/mol. The molecule has 138 valence electrons. The summed E-state index contributed by atoms with van der Waals surface area (Å²) in [5.41, 5.74) is 1.17. The normalized spacial score (nSPS) is 14.5. The Kier molecular flexibility index (Phi) is 7.39. The van der Waals surface area contributed by atoms with Crippen molar-refractivity contribution in [1.82, 2.24) is 4.90 Å². The van der Waals surface area contributed by atoms with Gasteiger partial charge < -0.3 is 9.33 Å². The molecule has 0 saturated heterocycles. The van der Waals surface area contributed by atoms with Crippen LogP contribution in [-0.4, -0.2) is 38.3 Å². The fourth-order valence-electron chi connectivity index (χ4n) is 2.44. The van der Waals surface area contributed by atoms with Crippen molar-refractivity contribution < 1.29 is 9.22 Å². The summed E-state index contributed by atoms with van der Waals surface area (Å²) in [6, 6.07) is 10.0. The van der Waals surface area contributed by atoms with Crippen LogP contribution in [0.25, 0.3) is 0 Å². The van der Waals surface area contributed by atoms with Crippen LogP contribution < -0.4 is 0 Å². The molecular weight excluding hydrogens is 326 g/mol. The highest BCUT2D eigenvalue weighted by Crippen LogP contribution is 2.38. The second-order valence-corrected chi connectivity index (χ2v) is 12.7. The van der Waals surface area contributed by atoms with Gasteiger partial charge in [-0.25, -0.2) is 0 Å². The maximum atomic E-state index is 12.3. The first kappa shape index (κ1) is 21.4. The molecule has 3 nitrogen and oxygen atoms in total. The Hall–Kier alpha value is -1.65. The van der Waals surface area contributed by atoms with E-state index in [1.54, 1.807) is 4.90 Å². The van der Waals surface area contributed by atoms with Gasteiger partial charge >= 0.3 is 0 Å². The average Bonchev–Trinajstić information content (AvgIpc) is 2.56. The van der Waals surface area contributed by atoms with Gasteiger partial charge in [-0.15, -0.1) is 6.58 Å². The zero-order valence-corrected chi connectivity index (χ0v) is 17.6. The molecule has 0 unspecified atom stereocenters. The molecule has 0 aliphatic carbocycles. The summed E-state index contributed by atoms with van der Waals surface area (Å²) in [4.78, 5) is 14.0. The van der Waals surface area contributed by atoms with Crippen molar-refractivity contribution >= 4 is 14.2 Å². The minimum absolute atomic E-state index is 0.0899. The molecule has 0 aliphatic heterocycles. The van der Waals surface area contributed by atoms with Gasteiger partial charge in [-0.2, -0.15) is 0 Å². The lowest BCUT2D eigenvalue weighted by atomic mass is 10.00. The van der Waals surface area contributed by atoms with Crippen LogP contribution in [-0.2, 0) is 15.6 Å². The zero-order valence-electron chi connectivity index (χ0n) is 16.6. The van der Waals surface area contributed by atoms with E-state index in [-0.39, 0.29) is 23.1 Å². The second kappa shape index (κ2) is 8.63. The molecule has 0 radical (unpaired) electrons. The molecule has 0 spiro atoms.